The van der Waals surface area contributed by atoms with Crippen molar-refractivity contribution in [3.63, 3.8) is 0 Å². The Kier molecular flexibility index (Phi) is 7.35. The summed E-state index contributed by atoms with van der Waals surface area (Å²) in [7, 11) is 0. The molecule has 0 heterocycles. The number of aliphatic carboxylic acids is 1. The average Bonchev–Trinajstić information content (AvgIpc) is 2.66. The van der Waals surface area contributed by atoms with E-state index in [0.717, 1.165) is 17.0 Å². The Morgan fingerprint density at radius 1 is 0.893 bits per heavy atom. The van der Waals surface area contributed by atoms with Gasteiger partial charge in [0.25, 0.3) is 0 Å². The molecule has 0 fully saturated rings. The van der Waals surface area contributed by atoms with Gasteiger partial charge in [-0.3, -0.25) is 14.4 Å². The van der Waals surface area contributed by atoms with Crippen molar-refractivity contribution in [1.82, 2.24) is 0 Å². The molecule has 2 aromatic carbocycles. The molecule has 0 bridgehead atoms. The number of primary amides is 1. The smallest absolute Gasteiger partial charge is 0.328 e. The van der Waals surface area contributed by atoms with E-state index in [1.807, 2.05) is 0 Å². The molecule has 28 heavy (non-hydrogen) atoms. The maximum atomic E-state index is 12.0. The summed E-state index contributed by atoms with van der Waals surface area (Å²) in [4.78, 5) is 45.7. The van der Waals surface area contributed by atoms with Crippen molar-refractivity contribution in [2.24, 2.45) is 5.73 Å². The molecule has 0 saturated carbocycles. The summed E-state index contributed by atoms with van der Waals surface area (Å²) >= 11 is 1.31. The van der Waals surface area contributed by atoms with Crippen LogP contribution in [0.2, 0.25) is 0 Å². The number of carboxylic acid groups (broad SMARTS) is 1. The minimum absolute atomic E-state index is 0.171. The van der Waals surface area contributed by atoms with Crippen molar-refractivity contribution in [1.29, 1.82) is 0 Å². The number of amides is 3. The van der Waals surface area contributed by atoms with Gasteiger partial charge < -0.3 is 21.5 Å². The number of benzene rings is 2. The molecule has 8 nitrogen and oxygen atoms in total. The second-order valence-electron chi connectivity index (χ2n) is 5.46. The van der Waals surface area contributed by atoms with Gasteiger partial charge in [-0.05, 0) is 48.5 Å². The molecule has 0 aromatic heterocycles. The Labute approximate surface area is 164 Å². The molecule has 9 heteroatoms. The first-order valence-corrected chi connectivity index (χ1v) is 8.96. The highest BCUT2D eigenvalue weighted by Crippen LogP contribution is 2.21. The molecular formula is C19H17N3O5S. The molecule has 0 unspecified atom stereocenters. The minimum Gasteiger partial charge on any atom is -0.478 e. The summed E-state index contributed by atoms with van der Waals surface area (Å²) < 4.78 is 0. The van der Waals surface area contributed by atoms with Gasteiger partial charge in [0.1, 0.15) is 0 Å². The van der Waals surface area contributed by atoms with Crippen molar-refractivity contribution < 1.29 is 24.3 Å². The summed E-state index contributed by atoms with van der Waals surface area (Å²) in [5.74, 6) is -2.34. The lowest BCUT2D eigenvalue weighted by atomic mass is 10.2. The maximum Gasteiger partial charge on any atom is 0.328 e. The number of rotatable bonds is 8. The van der Waals surface area contributed by atoms with Crippen molar-refractivity contribution in [2.45, 2.75) is 4.90 Å². The van der Waals surface area contributed by atoms with Gasteiger partial charge in [-0.2, -0.15) is 0 Å². The number of carbonyl (C=O) groups excluding carboxylic acids is 3. The van der Waals surface area contributed by atoms with Gasteiger partial charge in [-0.15, -0.1) is 11.8 Å². The van der Waals surface area contributed by atoms with E-state index in [1.54, 1.807) is 36.4 Å². The highest BCUT2D eigenvalue weighted by molar-refractivity contribution is 8.00. The second kappa shape index (κ2) is 9.93. The highest BCUT2D eigenvalue weighted by atomic mass is 32.2. The highest BCUT2D eigenvalue weighted by Gasteiger charge is 2.06. The van der Waals surface area contributed by atoms with Crippen molar-refractivity contribution in [3.05, 3.63) is 66.2 Å². The van der Waals surface area contributed by atoms with Crippen LogP contribution in [-0.2, 0) is 14.4 Å². The number of hydrogen-bond donors (Lipinski definition) is 4. The fraction of sp³-hybridized carbons (Fsp3) is 0.0526. The predicted molar refractivity (Wildman–Crippen MR) is 106 cm³/mol. The minimum atomic E-state index is -1.20. The third kappa shape index (κ3) is 6.96. The van der Waals surface area contributed by atoms with Gasteiger partial charge in [-0.1, -0.05) is 0 Å². The van der Waals surface area contributed by atoms with Crippen LogP contribution in [0.5, 0.6) is 0 Å². The third-order valence-corrected chi connectivity index (χ3v) is 4.33. The number of anilines is 2. The average molecular weight is 399 g/mol. The number of carboxylic acids is 1. The van der Waals surface area contributed by atoms with Crippen LogP contribution in [0.4, 0.5) is 11.4 Å². The van der Waals surface area contributed by atoms with Crippen molar-refractivity contribution in [3.8, 4) is 0 Å². The molecule has 0 spiro atoms. The molecule has 3 amide bonds. The molecule has 2 aromatic rings. The first kappa shape index (κ1) is 20.7. The fourth-order valence-corrected chi connectivity index (χ4v) is 2.73. The Balaban J connectivity index is 1.82. The van der Waals surface area contributed by atoms with Crippen molar-refractivity contribution in [2.75, 3.05) is 16.4 Å². The normalized spacial score (nSPS) is 10.4. The zero-order valence-corrected chi connectivity index (χ0v) is 15.4. The SMILES string of the molecule is NC(=O)c1ccc(NC(=O)CSc2ccc(NC(=O)/C=C/C(=O)O)cc2)cc1. The molecule has 0 aliphatic carbocycles. The van der Waals surface area contributed by atoms with Crippen LogP contribution in [0, 0.1) is 0 Å². The fourth-order valence-electron chi connectivity index (χ4n) is 2.03. The van der Waals surface area contributed by atoms with Crippen LogP contribution in [-0.4, -0.2) is 34.6 Å². The van der Waals surface area contributed by atoms with Gasteiger partial charge in [0.2, 0.25) is 17.7 Å². The summed E-state index contributed by atoms with van der Waals surface area (Å²) in [6.45, 7) is 0. The Hall–Kier alpha value is -3.59. The molecule has 2 rings (SSSR count). The molecule has 144 valence electrons. The van der Waals surface area contributed by atoms with E-state index in [1.165, 1.54) is 23.9 Å². The topological polar surface area (TPSA) is 139 Å². The van der Waals surface area contributed by atoms with Crippen LogP contribution in [0.1, 0.15) is 10.4 Å². The molecule has 0 radical (unpaired) electrons. The predicted octanol–water partition coefficient (Wildman–Crippen LogP) is 2.10. The number of nitrogens with two attached hydrogens (primary N) is 1. The number of carbonyl (C=O) groups is 4. The first-order valence-electron chi connectivity index (χ1n) is 7.98. The Morgan fingerprint density at radius 3 is 2.04 bits per heavy atom. The van der Waals surface area contributed by atoms with Crippen LogP contribution in [0.15, 0.2) is 65.6 Å². The summed E-state index contributed by atoms with van der Waals surface area (Å²) in [5.41, 5.74) is 6.58. The van der Waals surface area contributed by atoms with E-state index in [0.29, 0.717) is 16.9 Å². The van der Waals surface area contributed by atoms with Crippen LogP contribution in [0.3, 0.4) is 0 Å². The molecular weight excluding hydrogens is 382 g/mol. The zero-order chi connectivity index (χ0) is 20.5. The van der Waals surface area contributed by atoms with E-state index in [2.05, 4.69) is 10.6 Å². The van der Waals surface area contributed by atoms with E-state index in [-0.39, 0.29) is 11.7 Å². The van der Waals surface area contributed by atoms with Crippen molar-refractivity contribution >= 4 is 46.8 Å². The molecule has 0 atom stereocenters. The monoisotopic (exact) mass is 399 g/mol. The van der Waals surface area contributed by atoms with E-state index >= 15 is 0 Å². The quantitative estimate of drug-likeness (QED) is 0.396. The lowest BCUT2D eigenvalue weighted by molar-refractivity contribution is -0.131. The zero-order valence-electron chi connectivity index (χ0n) is 14.5. The standard InChI is InChI=1S/C19H17N3O5S/c20-19(27)12-1-3-13(4-2-12)22-17(24)11-28-15-7-5-14(6-8-15)21-16(23)9-10-18(25)26/h1-10H,11H2,(H2,20,27)(H,21,23)(H,22,24)(H,25,26)/b10-9+. The summed E-state index contributed by atoms with van der Waals surface area (Å²) in [6, 6.07) is 13.0. The van der Waals surface area contributed by atoms with Crippen LogP contribution in [0.25, 0.3) is 0 Å². The van der Waals surface area contributed by atoms with E-state index in [9.17, 15) is 19.2 Å². The number of hydrogen-bond acceptors (Lipinski definition) is 5. The van der Waals surface area contributed by atoms with Crippen LogP contribution < -0.4 is 16.4 Å². The van der Waals surface area contributed by atoms with Crippen LogP contribution >= 0.6 is 11.8 Å². The van der Waals surface area contributed by atoms with E-state index in [4.69, 9.17) is 10.8 Å². The first-order chi connectivity index (χ1) is 13.3. The second-order valence-corrected chi connectivity index (χ2v) is 6.51. The summed E-state index contributed by atoms with van der Waals surface area (Å²) in [5, 5.41) is 13.7. The van der Waals surface area contributed by atoms with Gasteiger partial charge in [0, 0.05) is 34.0 Å². The molecule has 0 saturated heterocycles. The van der Waals surface area contributed by atoms with Gasteiger partial charge in [-0.25, -0.2) is 4.79 Å². The number of nitrogens with one attached hydrogen (secondary N) is 2. The maximum absolute atomic E-state index is 12.0. The van der Waals surface area contributed by atoms with Gasteiger partial charge in [0.05, 0.1) is 5.75 Å². The molecule has 0 aliphatic heterocycles. The molecule has 0 aliphatic rings. The van der Waals surface area contributed by atoms with Gasteiger partial charge >= 0.3 is 5.97 Å². The number of thioether (sulfide) groups is 1. The van der Waals surface area contributed by atoms with E-state index < -0.39 is 17.8 Å². The lowest BCUT2D eigenvalue weighted by Crippen LogP contribution is -2.15. The Morgan fingerprint density at radius 2 is 1.46 bits per heavy atom. The largest absolute Gasteiger partial charge is 0.478 e. The lowest BCUT2D eigenvalue weighted by Gasteiger charge is -2.07. The third-order valence-electron chi connectivity index (χ3n) is 3.32. The summed E-state index contributed by atoms with van der Waals surface area (Å²) in [6.07, 6.45) is 1.67. The Bertz CT molecular complexity index is 908. The molecule has 5 N–H and O–H groups in total. The van der Waals surface area contributed by atoms with Gasteiger partial charge in [0.15, 0.2) is 0 Å².